The molecular formula is C36H20N4S4. The second-order valence-electron chi connectivity index (χ2n) is 10.3. The lowest BCUT2D eigenvalue weighted by molar-refractivity contribution is 1.42. The minimum atomic E-state index is 0.900. The number of rotatable bonds is 4. The number of thiophene rings is 4. The predicted molar refractivity (Wildman–Crippen MR) is 191 cm³/mol. The lowest BCUT2D eigenvalue weighted by Gasteiger charge is -2.10. The Labute approximate surface area is 269 Å². The van der Waals surface area contributed by atoms with Crippen LogP contribution in [0.4, 0.5) is 0 Å². The van der Waals surface area contributed by atoms with Gasteiger partial charge in [0.15, 0.2) is 0 Å². The Morgan fingerprint density at radius 2 is 0.568 bits per heavy atom. The zero-order valence-electron chi connectivity index (χ0n) is 23.0. The molecule has 5 aliphatic heterocycles. The smallest absolute Gasteiger partial charge is 0.0746 e. The van der Waals surface area contributed by atoms with Crippen LogP contribution in [0.3, 0.4) is 0 Å². The van der Waals surface area contributed by atoms with Gasteiger partial charge in [0.1, 0.15) is 0 Å². The molecule has 4 nitrogen and oxygen atoms in total. The maximum absolute atomic E-state index is 5.27. The molecule has 0 N–H and O–H groups in total. The van der Waals surface area contributed by atoms with Crippen molar-refractivity contribution in [2.24, 2.45) is 20.0 Å². The van der Waals surface area contributed by atoms with Crippen molar-refractivity contribution in [1.82, 2.24) is 0 Å². The normalized spacial score (nSPS) is 18.7. The van der Waals surface area contributed by atoms with Crippen molar-refractivity contribution in [3.63, 3.8) is 0 Å². The fourth-order valence-electron chi connectivity index (χ4n) is 5.78. The Bertz CT molecular complexity index is 1890. The maximum Gasteiger partial charge on any atom is 0.0746 e. The van der Waals surface area contributed by atoms with E-state index in [1.807, 2.05) is 0 Å². The summed E-state index contributed by atoms with van der Waals surface area (Å²) in [6.45, 7) is 0. The Hall–Kier alpha value is -4.60. The predicted octanol–water partition coefficient (Wildman–Crippen LogP) is 9.93. The van der Waals surface area contributed by atoms with Gasteiger partial charge in [-0.05, 0) is 94.4 Å². The summed E-state index contributed by atoms with van der Waals surface area (Å²) in [5.41, 5.74) is 11.3. The van der Waals surface area contributed by atoms with Gasteiger partial charge in [0.05, 0.1) is 45.6 Å². The fourth-order valence-corrected chi connectivity index (χ4v) is 8.93. The highest BCUT2D eigenvalue weighted by atomic mass is 32.1. The van der Waals surface area contributed by atoms with Crippen molar-refractivity contribution in [2.45, 2.75) is 0 Å². The zero-order chi connectivity index (χ0) is 29.0. The Morgan fingerprint density at radius 3 is 0.773 bits per heavy atom. The van der Waals surface area contributed by atoms with Crippen LogP contribution >= 0.6 is 45.3 Å². The molecule has 0 saturated heterocycles. The highest BCUT2D eigenvalue weighted by molar-refractivity contribution is 7.12. The highest BCUT2D eigenvalue weighted by Crippen LogP contribution is 2.40. The molecule has 0 spiro atoms. The molecule has 208 valence electrons. The van der Waals surface area contributed by atoms with Crippen LogP contribution in [0.15, 0.2) is 161 Å². The summed E-state index contributed by atoms with van der Waals surface area (Å²) in [5.74, 6) is 0. The van der Waals surface area contributed by atoms with Gasteiger partial charge >= 0.3 is 0 Å². The standard InChI is InChI=1S/C36H20N4S4/c1-5-29(41-17-1)33-21-9-11-23(37-21)34(30-6-2-18-42-30)25-13-15-27(39-25)36(32-8-4-20-44-32)28-16-14-26(40-28)35(31-7-3-19-43-31)24-12-10-22(33)38-24/h1-20H. The largest absolute Gasteiger partial charge is 0.248 e. The molecular weight excluding hydrogens is 617 g/mol. The van der Waals surface area contributed by atoms with Crippen LogP contribution in [0.5, 0.6) is 0 Å². The molecule has 0 saturated carbocycles. The topological polar surface area (TPSA) is 49.4 Å². The van der Waals surface area contributed by atoms with E-state index in [2.05, 4.69) is 119 Å². The monoisotopic (exact) mass is 636 g/mol. The van der Waals surface area contributed by atoms with Gasteiger partial charge in [-0.15, -0.1) is 45.3 Å². The number of nitrogens with zero attached hydrogens (tertiary/aromatic N) is 4. The molecule has 44 heavy (non-hydrogen) atoms. The first-order valence-electron chi connectivity index (χ1n) is 14.0. The second-order valence-corrected chi connectivity index (χ2v) is 14.1. The van der Waals surface area contributed by atoms with Gasteiger partial charge in [-0.3, -0.25) is 0 Å². The van der Waals surface area contributed by atoms with Crippen molar-refractivity contribution in [2.75, 3.05) is 0 Å². The van der Waals surface area contributed by atoms with Crippen molar-refractivity contribution in [3.05, 3.63) is 161 Å². The van der Waals surface area contributed by atoms with E-state index in [9.17, 15) is 0 Å². The van der Waals surface area contributed by atoms with Crippen LogP contribution in [0.1, 0.15) is 19.5 Å². The lowest BCUT2D eigenvalue weighted by Crippen LogP contribution is -2.02. The molecule has 9 heterocycles. The van der Waals surface area contributed by atoms with Crippen molar-refractivity contribution < 1.29 is 0 Å². The number of hydrogen-bond donors (Lipinski definition) is 0. The first-order chi connectivity index (χ1) is 21.8. The summed E-state index contributed by atoms with van der Waals surface area (Å²) in [6.07, 6.45) is 16.9. The molecule has 4 aromatic heterocycles. The van der Waals surface area contributed by atoms with E-state index in [0.29, 0.717) is 0 Å². The molecule has 0 unspecified atom stereocenters. The molecule has 0 aromatic carbocycles. The van der Waals surface area contributed by atoms with Gasteiger partial charge in [-0.2, -0.15) is 0 Å². The molecule has 0 radical (unpaired) electrons. The maximum atomic E-state index is 5.27. The summed E-state index contributed by atoms with van der Waals surface area (Å²) in [5, 5.41) is 8.42. The zero-order valence-corrected chi connectivity index (χ0v) is 26.2. The van der Waals surface area contributed by atoms with E-state index in [1.165, 1.54) is 0 Å². The molecule has 4 aromatic rings. The van der Waals surface area contributed by atoms with Gasteiger partial charge < -0.3 is 0 Å². The van der Waals surface area contributed by atoms with E-state index in [1.54, 1.807) is 45.3 Å². The SMILES string of the molecule is C1=CC2=C(c3cccs3)C3=NC(=C(c4cccs4)C4=NC(=C(c5cccs5)C5=NC(=C(c6cccs6)C1=N2)C=C5)C=C4)C=C3. The Balaban J connectivity index is 1.37. The molecule has 0 fully saturated rings. The van der Waals surface area contributed by atoms with Crippen LogP contribution < -0.4 is 0 Å². The minimum absolute atomic E-state index is 0.900. The summed E-state index contributed by atoms with van der Waals surface area (Å²) in [6, 6.07) is 16.9. The average molecular weight is 637 g/mol. The number of allylic oxidation sites excluding steroid dienone is 12. The Morgan fingerprint density at radius 1 is 0.318 bits per heavy atom. The molecule has 0 atom stereocenters. The summed E-state index contributed by atoms with van der Waals surface area (Å²) in [7, 11) is 0. The average Bonchev–Trinajstić information content (AvgIpc) is 3.90. The van der Waals surface area contributed by atoms with Crippen LogP contribution in [0.2, 0.25) is 0 Å². The van der Waals surface area contributed by atoms with Crippen LogP contribution in [-0.2, 0) is 0 Å². The lowest BCUT2D eigenvalue weighted by atomic mass is 10.1. The first kappa shape index (κ1) is 25.9. The highest BCUT2D eigenvalue weighted by Gasteiger charge is 2.28. The van der Waals surface area contributed by atoms with Crippen LogP contribution in [0, 0.1) is 0 Å². The molecule has 5 aliphatic rings. The van der Waals surface area contributed by atoms with Gasteiger partial charge in [-0.1, -0.05) is 24.3 Å². The minimum Gasteiger partial charge on any atom is -0.248 e. The quantitative estimate of drug-likeness (QED) is 0.214. The Kier molecular flexibility index (Phi) is 6.19. The summed E-state index contributed by atoms with van der Waals surface area (Å²) >= 11 is 6.81. The summed E-state index contributed by atoms with van der Waals surface area (Å²) < 4.78 is 0. The fraction of sp³-hybridized carbons (Fsp3) is 0. The van der Waals surface area contributed by atoms with Gasteiger partial charge in [0, 0.05) is 41.8 Å². The molecule has 8 bridgehead atoms. The number of hydrogen-bond acceptors (Lipinski definition) is 8. The second kappa shape index (κ2) is 10.5. The third-order valence-electron chi connectivity index (χ3n) is 7.68. The number of fused-ring (bicyclic) bond motifs is 4. The van der Waals surface area contributed by atoms with E-state index < -0.39 is 0 Å². The third kappa shape index (κ3) is 4.30. The van der Waals surface area contributed by atoms with Crippen LogP contribution in [-0.4, -0.2) is 22.8 Å². The van der Waals surface area contributed by atoms with E-state index in [0.717, 1.165) is 87.4 Å². The van der Waals surface area contributed by atoms with E-state index in [-0.39, 0.29) is 0 Å². The van der Waals surface area contributed by atoms with Crippen molar-refractivity contribution in [3.8, 4) is 0 Å². The molecule has 8 heteroatoms. The van der Waals surface area contributed by atoms with Crippen molar-refractivity contribution in [1.29, 1.82) is 0 Å². The number of aliphatic imine (C=N–C) groups is 4. The van der Waals surface area contributed by atoms with Crippen molar-refractivity contribution >= 4 is 90.5 Å². The van der Waals surface area contributed by atoms with E-state index in [4.69, 9.17) is 20.0 Å². The van der Waals surface area contributed by atoms with Gasteiger partial charge in [-0.25, -0.2) is 20.0 Å². The molecule has 0 amide bonds. The van der Waals surface area contributed by atoms with Gasteiger partial charge in [0.25, 0.3) is 0 Å². The molecule has 0 aliphatic carbocycles. The van der Waals surface area contributed by atoms with E-state index >= 15 is 0 Å². The summed E-state index contributed by atoms with van der Waals surface area (Å²) in [4.78, 5) is 25.6. The van der Waals surface area contributed by atoms with Gasteiger partial charge in [0.2, 0.25) is 0 Å². The van der Waals surface area contributed by atoms with Crippen LogP contribution in [0.25, 0.3) is 22.3 Å². The molecule has 9 rings (SSSR count). The third-order valence-corrected chi connectivity index (χ3v) is 11.2. The first-order valence-corrected chi connectivity index (χ1v) is 17.5.